The Morgan fingerprint density at radius 3 is 2.52 bits per heavy atom. The normalized spacial score (nSPS) is 11.7. The molecule has 2 N–H and O–H groups in total. The van der Waals surface area contributed by atoms with E-state index in [0.29, 0.717) is 30.6 Å². The van der Waals surface area contributed by atoms with Crippen molar-refractivity contribution in [1.29, 1.82) is 0 Å². The Bertz CT molecular complexity index is 1460. The number of hydrogen-bond acceptors (Lipinski definition) is 9. The van der Waals surface area contributed by atoms with E-state index in [-0.39, 0.29) is 17.0 Å². The van der Waals surface area contributed by atoms with Crippen LogP contribution in [0.15, 0.2) is 48.2 Å². The van der Waals surface area contributed by atoms with Crippen LogP contribution in [0.1, 0.15) is 44.7 Å². The van der Waals surface area contributed by atoms with Crippen LogP contribution in [0.5, 0.6) is 0 Å². The van der Waals surface area contributed by atoms with Crippen molar-refractivity contribution in [3.8, 4) is 11.1 Å². The van der Waals surface area contributed by atoms with Crippen molar-refractivity contribution < 1.29 is 28.2 Å². The van der Waals surface area contributed by atoms with E-state index >= 15 is 0 Å². The lowest BCUT2D eigenvalue weighted by Crippen LogP contribution is -2.25. The molecule has 0 spiro atoms. The quantitative estimate of drug-likeness (QED) is 0.133. The number of halogens is 2. The lowest BCUT2D eigenvalue weighted by molar-refractivity contribution is -0.155. The fourth-order valence-corrected chi connectivity index (χ4v) is 4.13. The van der Waals surface area contributed by atoms with Gasteiger partial charge in [-0.25, -0.2) is 14.2 Å². The topological polar surface area (TPSA) is 112 Å². The second-order valence-electron chi connectivity index (χ2n) is 10.5. The standard InChI is InChI=1S/C31H36ClFN4O5/c1-19-14-21(9-8-20(19)15-22(29(39)41-6)16-27(38)42-31(2,3)4)24-18-35-30(37-28(24)34-12-7-13-40-5)36-23-10-11-26(33)25(32)17-23/h8-11,14-15,17-18H,7,12-13,16H2,1-6H3,(H2,34,35,36,37)/b22-15+. The van der Waals surface area contributed by atoms with Crippen molar-refractivity contribution >= 4 is 47.1 Å². The maximum Gasteiger partial charge on any atom is 0.334 e. The molecule has 0 aliphatic rings. The van der Waals surface area contributed by atoms with Gasteiger partial charge in [0.15, 0.2) is 0 Å². The first-order valence-electron chi connectivity index (χ1n) is 13.3. The Balaban J connectivity index is 1.93. The van der Waals surface area contributed by atoms with Crippen LogP contribution < -0.4 is 10.6 Å². The number of rotatable bonds is 12. The van der Waals surface area contributed by atoms with Crippen LogP contribution in [0.25, 0.3) is 17.2 Å². The first-order valence-corrected chi connectivity index (χ1v) is 13.7. The number of nitrogens with zero attached hydrogens (tertiary/aromatic N) is 2. The molecule has 0 fully saturated rings. The number of anilines is 3. The van der Waals surface area contributed by atoms with Gasteiger partial charge in [-0.15, -0.1) is 0 Å². The number of carbonyl (C=O) groups is 2. The number of methoxy groups -OCH3 is 2. The average molecular weight is 599 g/mol. The SMILES string of the molecule is COCCCNc1nc(Nc2ccc(F)c(Cl)c2)ncc1-c1ccc(/C=C(\CC(=O)OC(C)(C)C)C(=O)OC)c(C)c1. The fraction of sp³-hybridized carbons (Fsp3) is 0.355. The second-order valence-corrected chi connectivity index (χ2v) is 10.9. The minimum atomic E-state index is -0.676. The Labute approximate surface area is 250 Å². The minimum absolute atomic E-state index is 0.0133. The summed E-state index contributed by atoms with van der Waals surface area (Å²) in [5.41, 5.74) is 3.22. The number of hydrogen-bond donors (Lipinski definition) is 2. The van der Waals surface area contributed by atoms with Gasteiger partial charge in [-0.1, -0.05) is 29.8 Å². The lowest BCUT2D eigenvalue weighted by atomic mass is 9.98. The summed E-state index contributed by atoms with van der Waals surface area (Å²) in [6.45, 7) is 8.38. The fourth-order valence-electron chi connectivity index (χ4n) is 3.95. The van der Waals surface area contributed by atoms with Gasteiger partial charge in [-0.3, -0.25) is 4.79 Å². The largest absolute Gasteiger partial charge is 0.466 e. The molecule has 0 atom stereocenters. The highest BCUT2D eigenvalue weighted by Gasteiger charge is 2.21. The predicted octanol–water partition coefficient (Wildman–Crippen LogP) is 6.72. The highest BCUT2D eigenvalue weighted by molar-refractivity contribution is 6.31. The van der Waals surface area contributed by atoms with Crippen molar-refractivity contribution in [3.05, 3.63) is 70.1 Å². The summed E-state index contributed by atoms with van der Waals surface area (Å²) in [7, 11) is 2.91. The van der Waals surface area contributed by atoms with Crippen molar-refractivity contribution in [3.63, 3.8) is 0 Å². The Kier molecular flexibility index (Phi) is 11.4. The van der Waals surface area contributed by atoms with Crippen LogP contribution in [0.3, 0.4) is 0 Å². The highest BCUT2D eigenvalue weighted by Crippen LogP contribution is 2.30. The maximum atomic E-state index is 13.6. The first-order chi connectivity index (χ1) is 19.9. The zero-order chi connectivity index (χ0) is 30.9. The Hall–Kier alpha value is -4.02. The molecule has 3 aromatic rings. The minimum Gasteiger partial charge on any atom is -0.466 e. The third-order valence-corrected chi connectivity index (χ3v) is 6.18. The highest BCUT2D eigenvalue weighted by atomic mass is 35.5. The molecular formula is C31H36ClFN4O5. The lowest BCUT2D eigenvalue weighted by Gasteiger charge is -2.19. The van der Waals surface area contributed by atoms with Crippen LogP contribution in [-0.4, -0.2) is 54.9 Å². The van der Waals surface area contributed by atoms with Crippen molar-refractivity contribution in [2.45, 2.75) is 46.1 Å². The molecule has 0 radical (unpaired) electrons. The molecule has 0 saturated heterocycles. The molecule has 0 aliphatic heterocycles. The number of esters is 2. The van der Waals surface area contributed by atoms with Gasteiger partial charge in [0.1, 0.15) is 17.2 Å². The molecule has 1 aromatic heterocycles. The molecule has 224 valence electrons. The van der Waals surface area contributed by atoms with E-state index < -0.39 is 23.4 Å². The number of ether oxygens (including phenoxy) is 3. The summed E-state index contributed by atoms with van der Waals surface area (Å²) in [6.07, 6.45) is 3.86. The van der Waals surface area contributed by atoms with Crippen LogP contribution in [-0.2, 0) is 23.8 Å². The summed E-state index contributed by atoms with van der Waals surface area (Å²) in [6, 6.07) is 9.95. The summed E-state index contributed by atoms with van der Waals surface area (Å²) in [5, 5.41) is 6.38. The monoisotopic (exact) mass is 598 g/mol. The molecular weight excluding hydrogens is 563 g/mol. The van der Waals surface area contributed by atoms with Crippen molar-refractivity contribution in [2.24, 2.45) is 0 Å². The van der Waals surface area contributed by atoms with Gasteiger partial charge in [0.05, 0.1) is 18.6 Å². The molecule has 42 heavy (non-hydrogen) atoms. The van der Waals surface area contributed by atoms with Gasteiger partial charge >= 0.3 is 11.9 Å². The first kappa shape index (κ1) is 32.5. The van der Waals surface area contributed by atoms with Gasteiger partial charge in [-0.05, 0) is 75.1 Å². The van der Waals surface area contributed by atoms with E-state index in [1.807, 2.05) is 25.1 Å². The molecule has 1 heterocycles. The predicted molar refractivity (Wildman–Crippen MR) is 162 cm³/mol. The number of aromatic nitrogens is 2. The van der Waals surface area contributed by atoms with E-state index in [2.05, 4.69) is 20.6 Å². The molecule has 0 amide bonds. The summed E-state index contributed by atoms with van der Waals surface area (Å²) < 4.78 is 29.0. The van der Waals surface area contributed by atoms with Gasteiger partial charge < -0.3 is 24.8 Å². The van der Waals surface area contributed by atoms with Gasteiger partial charge in [0, 0.05) is 43.3 Å². The van der Waals surface area contributed by atoms with Gasteiger partial charge in [-0.2, -0.15) is 4.98 Å². The Morgan fingerprint density at radius 2 is 1.88 bits per heavy atom. The summed E-state index contributed by atoms with van der Waals surface area (Å²) >= 11 is 5.92. The van der Waals surface area contributed by atoms with E-state index in [4.69, 9.17) is 25.8 Å². The number of carbonyl (C=O) groups excluding carboxylic acids is 2. The molecule has 9 nitrogen and oxygen atoms in total. The zero-order valence-corrected chi connectivity index (χ0v) is 25.4. The smallest absolute Gasteiger partial charge is 0.334 e. The molecule has 0 saturated carbocycles. The van der Waals surface area contributed by atoms with E-state index in [1.54, 1.807) is 46.2 Å². The third-order valence-electron chi connectivity index (χ3n) is 5.90. The van der Waals surface area contributed by atoms with Gasteiger partial charge in [0.25, 0.3) is 0 Å². The van der Waals surface area contributed by atoms with Gasteiger partial charge in [0.2, 0.25) is 5.95 Å². The maximum absolute atomic E-state index is 13.6. The van der Waals surface area contributed by atoms with Crippen LogP contribution in [0.4, 0.5) is 21.8 Å². The van der Waals surface area contributed by atoms with Crippen molar-refractivity contribution in [1.82, 2.24) is 9.97 Å². The van der Waals surface area contributed by atoms with E-state index in [1.165, 1.54) is 19.2 Å². The number of aryl methyl sites for hydroxylation is 1. The number of nitrogens with one attached hydrogen (secondary N) is 2. The van der Waals surface area contributed by atoms with Crippen molar-refractivity contribution in [2.75, 3.05) is 38.0 Å². The zero-order valence-electron chi connectivity index (χ0n) is 24.6. The van der Waals surface area contributed by atoms with Crippen LogP contribution in [0.2, 0.25) is 5.02 Å². The molecule has 2 aromatic carbocycles. The molecule has 3 rings (SSSR count). The Morgan fingerprint density at radius 1 is 1.12 bits per heavy atom. The molecule has 0 aliphatic carbocycles. The molecule has 0 bridgehead atoms. The van der Waals surface area contributed by atoms with Crippen LogP contribution >= 0.6 is 11.6 Å². The average Bonchev–Trinajstić information content (AvgIpc) is 2.92. The second kappa shape index (κ2) is 14.7. The summed E-state index contributed by atoms with van der Waals surface area (Å²) in [5.74, 6) is -0.759. The summed E-state index contributed by atoms with van der Waals surface area (Å²) in [4.78, 5) is 34.0. The van der Waals surface area contributed by atoms with E-state index in [0.717, 1.165) is 28.7 Å². The molecule has 11 heteroatoms. The van der Waals surface area contributed by atoms with E-state index in [9.17, 15) is 14.0 Å². The third kappa shape index (κ3) is 9.53. The van der Waals surface area contributed by atoms with Crippen LogP contribution in [0, 0.1) is 12.7 Å². The number of benzene rings is 2. The molecule has 0 unspecified atom stereocenters.